The molecular weight excluding hydrogens is 322 g/mol. The molecule has 2 aromatic heterocycles. The van der Waals surface area contributed by atoms with Gasteiger partial charge in [-0.3, -0.25) is 9.97 Å². The zero-order chi connectivity index (χ0) is 17.6. The zero-order valence-electron chi connectivity index (χ0n) is 13.6. The fraction of sp³-hybridized carbons (Fsp3) is 0.235. The predicted molar refractivity (Wildman–Crippen MR) is 89.9 cm³/mol. The number of nitro groups is 1. The molecule has 8 nitrogen and oxygen atoms in total. The number of hydrogen-bond donors (Lipinski definition) is 0. The number of aromatic nitrogens is 4. The van der Waals surface area contributed by atoms with E-state index in [9.17, 15) is 10.1 Å². The number of benzene rings is 1. The molecule has 0 aliphatic heterocycles. The topological polar surface area (TPSA) is 96.0 Å². The molecule has 0 saturated heterocycles. The van der Waals surface area contributed by atoms with Crippen molar-refractivity contribution in [1.29, 1.82) is 0 Å². The van der Waals surface area contributed by atoms with E-state index in [0.717, 1.165) is 5.56 Å². The molecule has 0 fully saturated rings. The van der Waals surface area contributed by atoms with Crippen molar-refractivity contribution in [2.24, 2.45) is 0 Å². The van der Waals surface area contributed by atoms with Gasteiger partial charge >= 0.3 is 5.82 Å². The van der Waals surface area contributed by atoms with Crippen molar-refractivity contribution in [3.8, 4) is 0 Å². The number of aryl methyl sites for hydroxylation is 1. The highest BCUT2D eigenvalue weighted by Gasteiger charge is 2.20. The first kappa shape index (κ1) is 16.7. The van der Waals surface area contributed by atoms with Crippen molar-refractivity contribution in [3.63, 3.8) is 0 Å². The fourth-order valence-corrected chi connectivity index (χ4v) is 2.57. The van der Waals surface area contributed by atoms with E-state index in [2.05, 4.69) is 15.0 Å². The summed E-state index contributed by atoms with van der Waals surface area (Å²) < 4.78 is 7.53. The molecule has 0 aliphatic carbocycles. The summed E-state index contributed by atoms with van der Waals surface area (Å²) in [4.78, 5) is 23.0. The molecule has 0 aliphatic rings. The lowest BCUT2D eigenvalue weighted by Crippen LogP contribution is -2.14. The van der Waals surface area contributed by atoms with Gasteiger partial charge in [0.05, 0.1) is 18.5 Å². The highest BCUT2D eigenvalue weighted by Crippen LogP contribution is 2.24. The predicted octanol–water partition coefficient (Wildman–Crippen LogP) is 2.70. The van der Waals surface area contributed by atoms with Crippen LogP contribution in [0.15, 0.2) is 55.1 Å². The summed E-state index contributed by atoms with van der Waals surface area (Å²) in [5, 5.41) is 11.1. The van der Waals surface area contributed by atoms with Crippen molar-refractivity contribution in [2.45, 2.75) is 19.6 Å². The molecule has 8 heteroatoms. The van der Waals surface area contributed by atoms with E-state index in [4.69, 9.17) is 4.74 Å². The number of imidazole rings is 1. The van der Waals surface area contributed by atoms with Crippen molar-refractivity contribution in [2.75, 3.05) is 6.61 Å². The normalized spacial score (nSPS) is 12.0. The highest BCUT2D eigenvalue weighted by molar-refractivity contribution is 5.24. The van der Waals surface area contributed by atoms with E-state index < -0.39 is 11.0 Å². The minimum absolute atomic E-state index is 0.0446. The lowest BCUT2D eigenvalue weighted by atomic mass is 10.1. The van der Waals surface area contributed by atoms with Gasteiger partial charge in [-0.2, -0.15) is 0 Å². The van der Waals surface area contributed by atoms with Crippen molar-refractivity contribution >= 4 is 5.82 Å². The second kappa shape index (κ2) is 7.63. The Morgan fingerprint density at radius 2 is 2.00 bits per heavy atom. The molecule has 1 aromatic carbocycles. The van der Waals surface area contributed by atoms with Gasteiger partial charge in [0.1, 0.15) is 18.8 Å². The molecule has 0 radical (unpaired) electrons. The van der Waals surface area contributed by atoms with E-state index in [1.54, 1.807) is 25.5 Å². The summed E-state index contributed by atoms with van der Waals surface area (Å²) in [5.74, 6) is 0.530. The first-order valence-corrected chi connectivity index (χ1v) is 7.76. The molecule has 3 rings (SSSR count). The summed E-state index contributed by atoms with van der Waals surface area (Å²) in [5.41, 5.74) is 1.63. The first-order chi connectivity index (χ1) is 12.2. The second-order valence-electron chi connectivity index (χ2n) is 5.36. The van der Waals surface area contributed by atoms with E-state index in [1.807, 2.05) is 30.3 Å². The van der Waals surface area contributed by atoms with E-state index in [1.165, 1.54) is 10.8 Å². The Labute approximate surface area is 144 Å². The van der Waals surface area contributed by atoms with Crippen LogP contribution in [0.5, 0.6) is 0 Å². The third-order valence-corrected chi connectivity index (χ3v) is 3.77. The molecule has 0 saturated carbocycles. The van der Waals surface area contributed by atoms with E-state index in [0.29, 0.717) is 18.1 Å². The maximum atomic E-state index is 11.1. The standard InChI is InChI=1S/C17H17N5O3/c1-13-20-12-16(22(23)24)21(13)9-10-25-17(14-5-3-2-4-6-14)15-11-18-7-8-19-15/h2-8,11-12,17H,9-10H2,1H3. The molecule has 0 spiro atoms. The first-order valence-electron chi connectivity index (χ1n) is 7.76. The molecule has 128 valence electrons. The third kappa shape index (κ3) is 3.86. The smallest absolute Gasteiger partial charge is 0.342 e. The SMILES string of the molecule is Cc1ncc([N+](=O)[O-])n1CCOC(c1ccccc1)c1cnccn1. The monoisotopic (exact) mass is 339 g/mol. The molecule has 2 heterocycles. The average molecular weight is 339 g/mol. The van der Waals surface area contributed by atoms with E-state index in [-0.39, 0.29) is 12.4 Å². The molecular formula is C17H17N5O3. The largest absolute Gasteiger partial charge is 0.363 e. The van der Waals surface area contributed by atoms with Gasteiger partial charge in [0.2, 0.25) is 0 Å². The summed E-state index contributed by atoms with van der Waals surface area (Å²) in [6.07, 6.45) is 5.73. The summed E-state index contributed by atoms with van der Waals surface area (Å²) >= 11 is 0. The van der Waals surface area contributed by atoms with Gasteiger partial charge in [0, 0.05) is 19.3 Å². The van der Waals surface area contributed by atoms with Gasteiger partial charge in [0.25, 0.3) is 0 Å². The Bertz CT molecular complexity index is 797. The molecule has 0 amide bonds. The quantitative estimate of drug-likeness (QED) is 0.485. The molecule has 25 heavy (non-hydrogen) atoms. The van der Waals surface area contributed by atoms with Crippen LogP contribution in [0.1, 0.15) is 23.2 Å². The van der Waals surface area contributed by atoms with Gasteiger partial charge in [-0.25, -0.2) is 9.55 Å². The van der Waals surface area contributed by atoms with Gasteiger partial charge in [-0.1, -0.05) is 30.3 Å². The van der Waals surface area contributed by atoms with Gasteiger partial charge in [0.15, 0.2) is 5.82 Å². The van der Waals surface area contributed by atoms with Crippen LogP contribution in [0, 0.1) is 17.0 Å². The van der Waals surface area contributed by atoms with Gasteiger partial charge in [-0.05, 0) is 10.5 Å². The number of ether oxygens (including phenoxy) is 1. The number of hydrogen-bond acceptors (Lipinski definition) is 6. The van der Waals surface area contributed by atoms with Crippen LogP contribution in [0.4, 0.5) is 5.82 Å². The zero-order valence-corrected chi connectivity index (χ0v) is 13.6. The molecule has 3 aromatic rings. The maximum Gasteiger partial charge on any atom is 0.342 e. The van der Waals surface area contributed by atoms with Crippen LogP contribution < -0.4 is 0 Å². The van der Waals surface area contributed by atoms with Gasteiger partial charge in [-0.15, -0.1) is 0 Å². The van der Waals surface area contributed by atoms with Crippen molar-refractivity contribution in [1.82, 2.24) is 19.5 Å². The van der Waals surface area contributed by atoms with Gasteiger partial charge < -0.3 is 14.9 Å². The Morgan fingerprint density at radius 1 is 1.20 bits per heavy atom. The van der Waals surface area contributed by atoms with Crippen LogP contribution in [0.2, 0.25) is 0 Å². The Kier molecular flexibility index (Phi) is 5.10. The number of nitrogens with zero attached hydrogens (tertiary/aromatic N) is 5. The molecule has 0 N–H and O–H groups in total. The summed E-state index contributed by atoms with van der Waals surface area (Å²) in [7, 11) is 0. The van der Waals surface area contributed by atoms with Crippen LogP contribution in [0.25, 0.3) is 0 Å². The maximum absolute atomic E-state index is 11.1. The third-order valence-electron chi connectivity index (χ3n) is 3.77. The molecule has 0 bridgehead atoms. The van der Waals surface area contributed by atoms with Crippen molar-refractivity contribution in [3.05, 3.63) is 82.3 Å². The number of rotatable bonds is 7. The second-order valence-corrected chi connectivity index (χ2v) is 5.36. The Hall–Kier alpha value is -3.13. The Balaban J connectivity index is 1.76. The van der Waals surface area contributed by atoms with Crippen LogP contribution in [-0.4, -0.2) is 31.0 Å². The van der Waals surface area contributed by atoms with Crippen molar-refractivity contribution < 1.29 is 9.66 Å². The average Bonchev–Trinajstić information content (AvgIpc) is 3.01. The summed E-state index contributed by atoms with van der Waals surface area (Å²) in [6.45, 7) is 2.32. The molecule has 1 unspecified atom stereocenters. The summed E-state index contributed by atoms with van der Waals surface area (Å²) in [6, 6.07) is 9.67. The minimum Gasteiger partial charge on any atom is -0.363 e. The lowest BCUT2D eigenvalue weighted by Gasteiger charge is -2.17. The van der Waals surface area contributed by atoms with Crippen LogP contribution in [0.3, 0.4) is 0 Å². The minimum atomic E-state index is -0.447. The highest BCUT2D eigenvalue weighted by atomic mass is 16.6. The van der Waals surface area contributed by atoms with Crippen LogP contribution in [-0.2, 0) is 11.3 Å². The fourth-order valence-electron chi connectivity index (χ4n) is 2.57. The lowest BCUT2D eigenvalue weighted by molar-refractivity contribution is -0.392. The Morgan fingerprint density at radius 3 is 2.68 bits per heavy atom. The van der Waals surface area contributed by atoms with E-state index >= 15 is 0 Å². The molecule has 1 atom stereocenters. The van der Waals surface area contributed by atoms with Crippen LogP contribution >= 0.6 is 0 Å².